The van der Waals surface area contributed by atoms with Crippen LogP contribution in [0.5, 0.6) is 5.75 Å². The summed E-state index contributed by atoms with van der Waals surface area (Å²) in [7, 11) is 0. The van der Waals surface area contributed by atoms with E-state index in [-0.39, 0.29) is 18.0 Å². The predicted molar refractivity (Wildman–Crippen MR) is 76.7 cm³/mol. The first-order chi connectivity index (χ1) is 9.54. The van der Waals surface area contributed by atoms with Gasteiger partial charge < -0.3 is 4.74 Å². The van der Waals surface area contributed by atoms with Gasteiger partial charge in [-0.05, 0) is 48.9 Å². The summed E-state index contributed by atoms with van der Waals surface area (Å²) in [5.41, 5.74) is 0.883. The smallest absolute Gasteiger partial charge is 0.177 e. The Morgan fingerprint density at radius 2 is 1.75 bits per heavy atom. The molecular formula is C16H14ClFO2. The molecule has 0 heterocycles. The molecule has 0 aromatic heterocycles. The summed E-state index contributed by atoms with van der Waals surface area (Å²) < 4.78 is 18.3. The highest BCUT2D eigenvalue weighted by Crippen LogP contribution is 2.15. The van der Waals surface area contributed by atoms with Crippen molar-refractivity contribution < 1.29 is 13.9 Å². The van der Waals surface area contributed by atoms with Crippen LogP contribution in [0, 0.1) is 5.82 Å². The van der Waals surface area contributed by atoms with Gasteiger partial charge in [-0.2, -0.15) is 0 Å². The number of hydrogen-bond donors (Lipinski definition) is 0. The third kappa shape index (κ3) is 4.07. The van der Waals surface area contributed by atoms with Gasteiger partial charge in [-0.15, -0.1) is 0 Å². The van der Waals surface area contributed by atoms with Crippen LogP contribution < -0.4 is 4.74 Å². The molecule has 20 heavy (non-hydrogen) atoms. The Morgan fingerprint density at radius 3 is 2.35 bits per heavy atom. The molecule has 0 saturated carbocycles. The lowest BCUT2D eigenvalue weighted by molar-refractivity contribution is -0.124. The van der Waals surface area contributed by atoms with Crippen molar-refractivity contribution in [3.05, 3.63) is 64.9 Å². The van der Waals surface area contributed by atoms with Crippen molar-refractivity contribution in [1.82, 2.24) is 0 Å². The molecule has 0 aliphatic rings. The highest BCUT2D eigenvalue weighted by molar-refractivity contribution is 6.30. The van der Waals surface area contributed by atoms with Crippen molar-refractivity contribution in [2.75, 3.05) is 0 Å². The Kier molecular flexibility index (Phi) is 4.74. The van der Waals surface area contributed by atoms with Crippen LogP contribution in [0.3, 0.4) is 0 Å². The van der Waals surface area contributed by atoms with Crippen LogP contribution in [-0.2, 0) is 11.2 Å². The first-order valence-electron chi connectivity index (χ1n) is 6.24. The fourth-order valence-electron chi connectivity index (χ4n) is 1.73. The standard InChI is InChI=1S/C16H14ClFO2/c1-11(20-15-8-6-14(18)7-9-15)16(19)10-12-2-4-13(17)5-3-12/h2-9,11H,10H2,1H3. The van der Waals surface area contributed by atoms with Gasteiger partial charge in [-0.25, -0.2) is 4.39 Å². The highest BCUT2D eigenvalue weighted by Gasteiger charge is 2.15. The average Bonchev–Trinajstić information content (AvgIpc) is 2.44. The summed E-state index contributed by atoms with van der Waals surface area (Å²) in [6, 6.07) is 12.7. The fraction of sp³-hybridized carbons (Fsp3) is 0.188. The highest BCUT2D eigenvalue weighted by atomic mass is 35.5. The van der Waals surface area contributed by atoms with Gasteiger partial charge in [0, 0.05) is 11.4 Å². The van der Waals surface area contributed by atoms with Crippen molar-refractivity contribution in [2.45, 2.75) is 19.4 Å². The normalized spacial score (nSPS) is 11.9. The van der Waals surface area contributed by atoms with Gasteiger partial charge in [0.1, 0.15) is 11.6 Å². The van der Waals surface area contributed by atoms with E-state index in [0.29, 0.717) is 10.8 Å². The van der Waals surface area contributed by atoms with E-state index in [2.05, 4.69) is 0 Å². The van der Waals surface area contributed by atoms with Crippen LogP contribution in [0.1, 0.15) is 12.5 Å². The molecule has 4 heteroatoms. The molecule has 1 atom stereocenters. The zero-order valence-electron chi connectivity index (χ0n) is 11.0. The number of carbonyl (C=O) groups excluding carboxylic acids is 1. The minimum absolute atomic E-state index is 0.0448. The van der Waals surface area contributed by atoms with Crippen molar-refractivity contribution in [3.8, 4) is 5.75 Å². The van der Waals surface area contributed by atoms with Crippen LogP contribution in [0.15, 0.2) is 48.5 Å². The molecule has 2 aromatic rings. The number of benzene rings is 2. The van der Waals surface area contributed by atoms with Crippen LogP contribution in [0.2, 0.25) is 5.02 Å². The summed E-state index contributed by atoms with van der Waals surface area (Å²) >= 11 is 5.79. The van der Waals surface area contributed by atoms with Gasteiger partial charge in [-0.3, -0.25) is 4.79 Å². The second kappa shape index (κ2) is 6.53. The Morgan fingerprint density at radius 1 is 1.15 bits per heavy atom. The monoisotopic (exact) mass is 292 g/mol. The molecule has 0 fully saturated rings. The van der Waals surface area contributed by atoms with E-state index in [1.807, 2.05) is 12.1 Å². The Balaban J connectivity index is 1.94. The van der Waals surface area contributed by atoms with Crippen molar-refractivity contribution in [1.29, 1.82) is 0 Å². The quantitative estimate of drug-likeness (QED) is 0.831. The molecular weight excluding hydrogens is 279 g/mol. The van der Waals surface area contributed by atoms with E-state index in [0.717, 1.165) is 5.56 Å². The molecule has 2 rings (SSSR count). The van der Waals surface area contributed by atoms with E-state index in [4.69, 9.17) is 16.3 Å². The van der Waals surface area contributed by atoms with Crippen LogP contribution >= 0.6 is 11.6 Å². The Labute approximate surface area is 122 Å². The van der Waals surface area contributed by atoms with Crippen LogP contribution in [-0.4, -0.2) is 11.9 Å². The Bertz CT molecular complexity index is 578. The topological polar surface area (TPSA) is 26.3 Å². The van der Waals surface area contributed by atoms with Gasteiger partial charge in [0.2, 0.25) is 0 Å². The maximum atomic E-state index is 12.8. The van der Waals surface area contributed by atoms with Gasteiger partial charge in [0.05, 0.1) is 0 Å². The predicted octanol–water partition coefficient (Wildman–Crippen LogP) is 4.06. The molecule has 0 bridgehead atoms. The molecule has 0 aliphatic heterocycles. The van der Waals surface area contributed by atoms with Gasteiger partial charge in [0.15, 0.2) is 11.9 Å². The van der Waals surface area contributed by atoms with E-state index < -0.39 is 6.10 Å². The van der Waals surface area contributed by atoms with Gasteiger partial charge >= 0.3 is 0 Å². The van der Waals surface area contributed by atoms with Crippen molar-refractivity contribution >= 4 is 17.4 Å². The van der Waals surface area contributed by atoms with E-state index in [1.165, 1.54) is 24.3 Å². The summed E-state index contributed by atoms with van der Waals surface area (Å²) in [5, 5.41) is 0.636. The van der Waals surface area contributed by atoms with Gasteiger partial charge in [-0.1, -0.05) is 23.7 Å². The number of ketones is 1. The number of rotatable bonds is 5. The molecule has 0 radical (unpaired) electrons. The number of carbonyl (C=O) groups is 1. The number of halogens is 2. The maximum absolute atomic E-state index is 12.8. The van der Waals surface area contributed by atoms with E-state index >= 15 is 0 Å². The Hall–Kier alpha value is -1.87. The lowest BCUT2D eigenvalue weighted by atomic mass is 10.1. The summed E-state index contributed by atoms with van der Waals surface area (Å²) in [6.07, 6.45) is -0.310. The lowest BCUT2D eigenvalue weighted by Gasteiger charge is -2.13. The number of ether oxygens (including phenoxy) is 1. The first-order valence-corrected chi connectivity index (χ1v) is 6.62. The molecule has 104 valence electrons. The summed E-state index contributed by atoms with van der Waals surface area (Å²) in [6.45, 7) is 1.68. The van der Waals surface area contributed by atoms with E-state index in [1.54, 1.807) is 19.1 Å². The largest absolute Gasteiger partial charge is 0.483 e. The summed E-state index contributed by atoms with van der Waals surface area (Å²) in [4.78, 5) is 12.0. The zero-order valence-corrected chi connectivity index (χ0v) is 11.7. The molecule has 0 spiro atoms. The first kappa shape index (κ1) is 14.5. The van der Waals surface area contributed by atoms with Crippen molar-refractivity contribution in [3.63, 3.8) is 0 Å². The number of hydrogen-bond acceptors (Lipinski definition) is 2. The van der Waals surface area contributed by atoms with Crippen LogP contribution in [0.25, 0.3) is 0 Å². The molecule has 0 aliphatic carbocycles. The second-order valence-corrected chi connectivity index (χ2v) is 4.92. The maximum Gasteiger partial charge on any atom is 0.177 e. The molecule has 0 N–H and O–H groups in total. The molecule has 0 saturated heterocycles. The fourth-order valence-corrected chi connectivity index (χ4v) is 1.86. The molecule has 2 nitrogen and oxygen atoms in total. The molecule has 1 unspecified atom stereocenters. The van der Waals surface area contributed by atoms with E-state index in [9.17, 15) is 9.18 Å². The average molecular weight is 293 g/mol. The minimum atomic E-state index is -0.587. The van der Waals surface area contributed by atoms with Crippen LogP contribution in [0.4, 0.5) is 4.39 Å². The number of Topliss-reactive ketones (excluding diaryl/α,β-unsaturated/α-hetero) is 1. The SMILES string of the molecule is CC(Oc1ccc(F)cc1)C(=O)Cc1ccc(Cl)cc1. The minimum Gasteiger partial charge on any atom is -0.483 e. The third-order valence-corrected chi connectivity index (χ3v) is 3.12. The lowest BCUT2D eigenvalue weighted by Crippen LogP contribution is -2.25. The third-order valence-electron chi connectivity index (χ3n) is 2.87. The van der Waals surface area contributed by atoms with Gasteiger partial charge in [0.25, 0.3) is 0 Å². The molecule has 2 aromatic carbocycles. The summed E-state index contributed by atoms with van der Waals surface area (Å²) in [5.74, 6) is 0.0949. The molecule has 0 amide bonds. The second-order valence-electron chi connectivity index (χ2n) is 4.48. The van der Waals surface area contributed by atoms with Crippen molar-refractivity contribution in [2.24, 2.45) is 0 Å². The zero-order chi connectivity index (χ0) is 14.5.